The summed E-state index contributed by atoms with van der Waals surface area (Å²) in [6.07, 6.45) is 1.61. The van der Waals surface area contributed by atoms with E-state index < -0.39 is 22.1 Å². The van der Waals surface area contributed by atoms with Crippen molar-refractivity contribution in [3.05, 3.63) is 29.3 Å². The van der Waals surface area contributed by atoms with Crippen LogP contribution >= 0.6 is 0 Å². The summed E-state index contributed by atoms with van der Waals surface area (Å²) in [6, 6.07) is 4.74. The number of nitrogens with one attached hydrogen (secondary N) is 1. The fourth-order valence-corrected chi connectivity index (χ4v) is 3.48. The molecule has 1 aromatic carbocycles. The van der Waals surface area contributed by atoms with Gasteiger partial charge in [-0.15, -0.1) is 0 Å². The molecule has 1 aromatic rings. The lowest BCUT2D eigenvalue weighted by Gasteiger charge is -2.17. The lowest BCUT2D eigenvalue weighted by Crippen LogP contribution is -2.36. The zero-order valence-electron chi connectivity index (χ0n) is 14.0. The third-order valence-corrected chi connectivity index (χ3v) is 4.95. The maximum absolute atomic E-state index is 12.2. The average molecular weight is 354 g/mol. The number of hydrogen-bond acceptors (Lipinski definition) is 5. The van der Waals surface area contributed by atoms with E-state index in [1.54, 1.807) is 12.1 Å². The first-order chi connectivity index (χ1) is 11.2. The minimum atomic E-state index is -3.32. The lowest BCUT2D eigenvalue weighted by molar-refractivity contribution is -0.129. The number of anilines is 1. The Morgan fingerprint density at radius 2 is 2.08 bits per heavy atom. The van der Waals surface area contributed by atoms with E-state index in [1.807, 2.05) is 6.92 Å². The Balaban J connectivity index is 2.09. The van der Waals surface area contributed by atoms with Crippen LogP contribution in [0.2, 0.25) is 0 Å². The first-order valence-electron chi connectivity index (χ1n) is 7.83. The van der Waals surface area contributed by atoms with Crippen LogP contribution in [-0.4, -0.2) is 45.7 Å². The molecule has 0 bridgehead atoms. The van der Waals surface area contributed by atoms with Gasteiger partial charge in [-0.3, -0.25) is 9.10 Å². The number of fused-ring (bicyclic) bond motifs is 1. The number of carbonyl (C=O) groups is 2. The Kier molecular flexibility index (Phi) is 5.48. The molecule has 1 heterocycles. The van der Waals surface area contributed by atoms with Gasteiger partial charge in [-0.25, -0.2) is 13.2 Å². The van der Waals surface area contributed by atoms with Crippen LogP contribution in [0.25, 0.3) is 0 Å². The third-order valence-electron chi connectivity index (χ3n) is 3.77. The SMILES string of the molecule is CCCNC(=O)[C@H](C)OC(=O)c1ccc2c(c1)CCN2S(C)(=O)=O. The van der Waals surface area contributed by atoms with Crippen LogP contribution in [0.5, 0.6) is 0 Å². The van der Waals surface area contributed by atoms with Gasteiger partial charge in [0.2, 0.25) is 10.0 Å². The number of benzene rings is 1. The normalized spacial score (nSPS) is 14.9. The van der Waals surface area contributed by atoms with Crippen LogP contribution in [0.4, 0.5) is 5.69 Å². The monoisotopic (exact) mass is 354 g/mol. The maximum Gasteiger partial charge on any atom is 0.338 e. The summed E-state index contributed by atoms with van der Waals surface area (Å²) in [5.74, 6) is -0.940. The summed E-state index contributed by atoms with van der Waals surface area (Å²) >= 11 is 0. The molecule has 1 aliphatic heterocycles. The number of nitrogens with zero attached hydrogens (tertiary/aromatic N) is 1. The fourth-order valence-electron chi connectivity index (χ4n) is 2.52. The molecular weight excluding hydrogens is 332 g/mol. The molecule has 8 heteroatoms. The van der Waals surface area contributed by atoms with Crippen molar-refractivity contribution in [3.8, 4) is 0 Å². The second-order valence-electron chi connectivity index (χ2n) is 5.77. The molecule has 2 rings (SSSR count). The predicted molar refractivity (Wildman–Crippen MR) is 90.5 cm³/mol. The van der Waals surface area contributed by atoms with E-state index in [1.165, 1.54) is 17.3 Å². The fraction of sp³-hybridized carbons (Fsp3) is 0.500. The molecular formula is C16H22N2O5S. The lowest BCUT2D eigenvalue weighted by atomic mass is 10.1. The number of sulfonamides is 1. The standard InChI is InChI=1S/C16H22N2O5S/c1-4-8-17-15(19)11(2)23-16(20)13-5-6-14-12(10-13)7-9-18(14)24(3,21)22/h5-6,10-11H,4,7-9H2,1-3H3,(H,17,19)/t11-/m0/s1. The van der Waals surface area contributed by atoms with E-state index in [4.69, 9.17) is 4.74 Å². The molecule has 0 aromatic heterocycles. The Morgan fingerprint density at radius 3 is 2.71 bits per heavy atom. The molecule has 1 atom stereocenters. The first kappa shape index (κ1) is 18.3. The Hall–Kier alpha value is -2.09. The average Bonchev–Trinajstić information content (AvgIpc) is 2.95. The van der Waals surface area contributed by atoms with Gasteiger partial charge in [0.1, 0.15) is 0 Å². The Bertz CT molecular complexity index is 745. The van der Waals surface area contributed by atoms with Crippen molar-refractivity contribution < 1.29 is 22.7 Å². The highest BCUT2D eigenvalue weighted by Gasteiger charge is 2.27. The van der Waals surface area contributed by atoms with E-state index in [-0.39, 0.29) is 5.91 Å². The van der Waals surface area contributed by atoms with Crippen molar-refractivity contribution in [1.82, 2.24) is 5.32 Å². The van der Waals surface area contributed by atoms with Crippen molar-refractivity contribution in [2.24, 2.45) is 0 Å². The molecule has 0 unspecified atom stereocenters. The van der Waals surface area contributed by atoms with Crippen LogP contribution in [0.3, 0.4) is 0 Å². The van der Waals surface area contributed by atoms with Gasteiger partial charge in [0.15, 0.2) is 6.10 Å². The highest BCUT2D eigenvalue weighted by Crippen LogP contribution is 2.30. The Morgan fingerprint density at radius 1 is 1.38 bits per heavy atom. The molecule has 1 aliphatic rings. The van der Waals surface area contributed by atoms with E-state index >= 15 is 0 Å². The number of amides is 1. The van der Waals surface area contributed by atoms with E-state index in [9.17, 15) is 18.0 Å². The van der Waals surface area contributed by atoms with Crippen molar-refractivity contribution in [1.29, 1.82) is 0 Å². The second-order valence-corrected chi connectivity index (χ2v) is 7.67. The van der Waals surface area contributed by atoms with Gasteiger partial charge in [-0.2, -0.15) is 0 Å². The van der Waals surface area contributed by atoms with Crippen LogP contribution in [-0.2, 0) is 26.0 Å². The topological polar surface area (TPSA) is 92.8 Å². The van der Waals surface area contributed by atoms with Crippen LogP contribution in [0.1, 0.15) is 36.2 Å². The van der Waals surface area contributed by atoms with E-state index in [0.717, 1.165) is 18.2 Å². The van der Waals surface area contributed by atoms with Crippen molar-refractivity contribution in [2.75, 3.05) is 23.7 Å². The van der Waals surface area contributed by atoms with Crippen molar-refractivity contribution >= 4 is 27.6 Å². The molecule has 0 saturated carbocycles. The molecule has 0 aliphatic carbocycles. The van der Waals surface area contributed by atoms with Crippen molar-refractivity contribution in [3.63, 3.8) is 0 Å². The van der Waals surface area contributed by atoms with Gasteiger partial charge in [-0.05, 0) is 43.5 Å². The van der Waals surface area contributed by atoms with Gasteiger partial charge in [0.25, 0.3) is 5.91 Å². The summed E-state index contributed by atoms with van der Waals surface area (Å²) in [7, 11) is -3.32. The molecule has 0 saturated heterocycles. The third kappa shape index (κ3) is 4.05. The summed E-state index contributed by atoms with van der Waals surface area (Å²) in [5, 5.41) is 2.66. The van der Waals surface area contributed by atoms with Gasteiger partial charge in [0.05, 0.1) is 17.5 Å². The van der Waals surface area contributed by atoms with E-state index in [2.05, 4.69) is 5.32 Å². The summed E-state index contributed by atoms with van der Waals surface area (Å²) in [5.41, 5.74) is 1.67. The number of esters is 1. The summed E-state index contributed by atoms with van der Waals surface area (Å²) in [6.45, 7) is 4.34. The predicted octanol–water partition coefficient (Wildman–Crippen LogP) is 1.08. The van der Waals surface area contributed by atoms with Crippen LogP contribution < -0.4 is 9.62 Å². The van der Waals surface area contributed by atoms with Gasteiger partial charge < -0.3 is 10.1 Å². The zero-order valence-corrected chi connectivity index (χ0v) is 14.9. The molecule has 0 spiro atoms. The number of carbonyl (C=O) groups excluding carboxylic acids is 2. The molecule has 0 radical (unpaired) electrons. The van der Waals surface area contributed by atoms with E-state index in [0.29, 0.717) is 30.8 Å². The molecule has 1 amide bonds. The Labute approximate surface area is 142 Å². The summed E-state index contributed by atoms with van der Waals surface area (Å²) in [4.78, 5) is 23.9. The van der Waals surface area contributed by atoms with Gasteiger partial charge in [0, 0.05) is 13.1 Å². The molecule has 0 fully saturated rings. The second kappa shape index (κ2) is 7.21. The highest BCUT2D eigenvalue weighted by atomic mass is 32.2. The van der Waals surface area contributed by atoms with Gasteiger partial charge >= 0.3 is 5.97 Å². The van der Waals surface area contributed by atoms with Crippen LogP contribution in [0, 0.1) is 0 Å². The molecule has 7 nitrogen and oxygen atoms in total. The summed E-state index contributed by atoms with van der Waals surface area (Å²) < 4.78 is 29.9. The highest BCUT2D eigenvalue weighted by molar-refractivity contribution is 7.92. The number of rotatable bonds is 6. The van der Waals surface area contributed by atoms with Crippen molar-refractivity contribution in [2.45, 2.75) is 32.8 Å². The minimum absolute atomic E-state index is 0.305. The minimum Gasteiger partial charge on any atom is -0.449 e. The zero-order chi connectivity index (χ0) is 17.9. The first-order valence-corrected chi connectivity index (χ1v) is 9.68. The molecule has 24 heavy (non-hydrogen) atoms. The largest absolute Gasteiger partial charge is 0.449 e. The number of hydrogen-bond donors (Lipinski definition) is 1. The number of ether oxygens (including phenoxy) is 1. The molecule has 132 valence electrons. The maximum atomic E-state index is 12.2. The smallest absolute Gasteiger partial charge is 0.338 e. The molecule has 1 N–H and O–H groups in total. The van der Waals surface area contributed by atoms with Crippen LogP contribution in [0.15, 0.2) is 18.2 Å². The quantitative estimate of drug-likeness (QED) is 0.772. The van der Waals surface area contributed by atoms with Gasteiger partial charge in [-0.1, -0.05) is 6.92 Å².